The number of carbonyl (C=O) groups excluding carboxylic acids is 1. The van der Waals surface area contributed by atoms with Crippen molar-refractivity contribution < 1.29 is 19.1 Å². The molecule has 0 aliphatic rings. The van der Waals surface area contributed by atoms with E-state index in [2.05, 4.69) is 21.2 Å². The monoisotopic (exact) mass is 337 g/mol. The molecule has 4 nitrogen and oxygen atoms in total. The van der Waals surface area contributed by atoms with Gasteiger partial charge < -0.3 is 10.4 Å². The number of nitrogens with one attached hydrogen (secondary N) is 1. The Kier molecular flexibility index (Phi) is 4.14. The van der Waals surface area contributed by atoms with Gasteiger partial charge in [0.25, 0.3) is 5.91 Å². The SMILES string of the molecule is O=C(O)c1ccc(NC(=O)c2ccc(Br)c(F)c2)cc1. The number of carboxylic acids is 1. The van der Waals surface area contributed by atoms with E-state index in [1.807, 2.05) is 0 Å². The zero-order valence-electron chi connectivity index (χ0n) is 10.1. The van der Waals surface area contributed by atoms with Crippen molar-refractivity contribution in [3.8, 4) is 0 Å². The van der Waals surface area contributed by atoms with Crippen LogP contribution in [-0.4, -0.2) is 17.0 Å². The van der Waals surface area contributed by atoms with Crippen molar-refractivity contribution in [2.45, 2.75) is 0 Å². The lowest BCUT2D eigenvalue weighted by atomic mass is 10.2. The van der Waals surface area contributed by atoms with Crippen molar-refractivity contribution in [3.63, 3.8) is 0 Å². The van der Waals surface area contributed by atoms with Crippen LogP contribution in [0.2, 0.25) is 0 Å². The van der Waals surface area contributed by atoms with Gasteiger partial charge in [-0.25, -0.2) is 9.18 Å². The van der Waals surface area contributed by atoms with E-state index in [9.17, 15) is 14.0 Å². The van der Waals surface area contributed by atoms with E-state index in [0.29, 0.717) is 5.69 Å². The van der Waals surface area contributed by atoms with Gasteiger partial charge in [-0.05, 0) is 58.4 Å². The van der Waals surface area contributed by atoms with Gasteiger partial charge in [0.1, 0.15) is 5.82 Å². The third kappa shape index (κ3) is 3.21. The van der Waals surface area contributed by atoms with Crippen LogP contribution in [0.1, 0.15) is 20.7 Å². The standard InChI is InChI=1S/C14H9BrFNO3/c15-11-6-3-9(7-12(11)16)13(18)17-10-4-1-8(2-5-10)14(19)20/h1-7H,(H,17,18)(H,19,20). The molecule has 20 heavy (non-hydrogen) atoms. The maximum absolute atomic E-state index is 13.3. The maximum Gasteiger partial charge on any atom is 0.335 e. The molecule has 2 aromatic carbocycles. The van der Waals surface area contributed by atoms with E-state index >= 15 is 0 Å². The number of halogens is 2. The molecule has 0 aliphatic carbocycles. The van der Waals surface area contributed by atoms with Gasteiger partial charge in [-0.2, -0.15) is 0 Å². The van der Waals surface area contributed by atoms with E-state index in [-0.39, 0.29) is 15.6 Å². The van der Waals surface area contributed by atoms with Crippen LogP contribution >= 0.6 is 15.9 Å². The van der Waals surface area contributed by atoms with Crippen LogP contribution in [-0.2, 0) is 0 Å². The molecular weight excluding hydrogens is 329 g/mol. The first-order valence-corrected chi connectivity index (χ1v) is 6.36. The fraction of sp³-hybridized carbons (Fsp3) is 0. The van der Waals surface area contributed by atoms with E-state index in [0.717, 1.165) is 6.07 Å². The summed E-state index contributed by atoms with van der Waals surface area (Å²) in [5, 5.41) is 11.3. The van der Waals surface area contributed by atoms with Crippen LogP contribution in [0.3, 0.4) is 0 Å². The molecule has 0 aromatic heterocycles. The van der Waals surface area contributed by atoms with E-state index < -0.39 is 17.7 Å². The molecule has 2 N–H and O–H groups in total. The van der Waals surface area contributed by atoms with E-state index in [1.165, 1.54) is 36.4 Å². The molecule has 0 spiro atoms. The van der Waals surface area contributed by atoms with Gasteiger partial charge in [-0.1, -0.05) is 0 Å². The predicted molar refractivity (Wildman–Crippen MR) is 75.5 cm³/mol. The van der Waals surface area contributed by atoms with Gasteiger partial charge in [0.2, 0.25) is 0 Å². The second kappa shape index (κ2) is 5.83. The molecule has 1 amide bonds. The summed E-state index contributed by atoms with van der Waals surface area (Å²) in [6, 6.07) is 9.73. The van der Waals surface area contributed by atoms with E-state index in [4.69, 9.17) is 5.11 Å². The summed E-state index contributed by atoms with van der Waals surface area (Å²) in [4.78, 5) is 22.6. The zero-order chi connectivity index (χ0) is 14.7. The Labute approximate surface area is 122 Å². The Hall–Kier alpha value is -2.21. The normalized spacial score (nSPS) is 10.1. The molecular formula is C14H9BrFNO3. The number of rotatable bonds is 3. The molecule has 6 heteroatoms. The number of anilines is 1. The summed E-state index contributed by atoms with van der Waals surface area (Å²) < 4.78 is 13.6. The van der Waals surface area contributed by atoms with Gasteiger partial charge in [0, 0.05) is 11.3 Å². The number of carboxylic acid groups (broad SMARTS) is 1. The predicted octanol–water partition coefficient (Wildman–Crippen LogP) is 3.54. The van der Waals surface area contributed by atoms with Gasteiger partial charge in [0.15, 0.2) is 0 Å². The molecule has 2 aromatic rings. The first kappa shape index (κ1) is 14.2. The molecule has 0 heterocycles. The Morgan fingerprint density at radius 2 is 1.65 bits per heavy atom. The zero-order valence-corrected chi connectivity index (χ0v) is 11.6. The third-order valence-electron chi connectivity index (χ3n) is 2.57. The van der Waals surface area contributed by atoms with Gasteiger partial charge in [-0.15, -0.1) is 0 Å². The minimum absolute atomic E-state index is 0.123. The largest absolute Gasteiger partial charge is 0.478 e. The highest BCUT2D eigenvalue weighted by Crippen LogP contribution is 2.17. The van der Waals surface area contributed by atoms with Crippen LogP contribution in [0.25, 0.3) is 0 Å². The lowest BCUT2D eigenvalue weighted by Crippen LogP contribution is -2.12. The smallest absolute Gasteiger partial charge is 0.335 e. The first-order valence-electron chi connectivity index (χ1n) is 5.57. The van der Waals surface area contributed by atoms with Crippen molar-refractivity contribution in [3.05, 3.63) is 63.9 Å². The fourth-order valence-corrected chi connectivity index (χ4v) is 1.78. The Morgan fingerprint density at radius 3 is 2.20 bits per heavy atom. The van der Waals surface area contributed by atoms with Crippen molar-refractivity contribution in [2.75, 3.05) is 5.32 Å². The maximum atomic E-state index is 13.3. The second-order valence-electron chi connectivity index (χ2n) is 3.97. The van der Waals surface area contributed by atoms with Crippen molar-refractivity contribution in [2.24, 2.45) is 0 Å². The van der Waals surface area contributed by atoms with Crippen LogP contribution in [0.5, 0.6) is 0 Å². The quantitative estimate of drug-likeness (QED) is 0.900. The molecule has 0 atom stereocenters. The number of aromatic carboxylic acids is 1. The van der Waals surface area contributed by atoms with Gasteiger partial charge >= 0.3 is 5.97 Å². The second-order valence-corrected chi connectivity index (χ2v) is 4.82. The molecule has 0 unspecified atom stereocenters. The molecule has 2 rings (SSSR count). The average molecular weight is 338 g/mol. The van der Waals surface area contributed by atoms with Crippen LogP contribution in [0, 0.1) is 5.82 Å². The first-order chi connectivity index (χ1) is 9.47. The average Bonchev–Trinajstić information content (AvgIpc) is 2.42. The number of hydrogen-bond acceptors (Lipinski definition) is 2. The summed E-state index contributed by atoms with van der Waals surface area (Å²) in [6.07, 6.45) is 0. The van der Waals surface area contributed by atoms with E-state index in [1.54, 1.807) is 0 Å². The summed E-state index contributed by atoms with van der Waals surface area (Å²) >= 11 is 3.00. The van der Waals surface area contributed by atoms with Crippen molar-refractivity contribution in [1.29, 1.82) is 0 Å². The highest BCUT2D eigenvalue weighted by atomic mass is 79.9. The Bertz CT molecular complexity index is 671. The summed E-state index contributed by atoms with van der Waals surface area (Å²) in [5.74, 6) is -2.05. The van der Waals surface area contributed by atoms with Gasteiger partial charge in [0.05, 0.1) is 10.0 Å². The van der Waals surface area contributed by atoms with Crippen LogP contribution < -0.4 is 5.32 Å². The molecule has 102 valence electrons. The van der Waals surface area contributed by atoms with Crippen LogP contribution in [0.4, 0.5) is 10.1 Å². The fourth-order valence-electron chi connectivity index (χ4n) is 1.54. The number of hydrogen-bond donors (Lipinski definition) is 2. The van der Waals surface area contributed by atoms with Crippen molar-refractivity contribution in [1.82, 2.24) is 0 Å². The summed E-state index contributed by atoms with van der Waals surface area (Å²) in [6.45, 7) is 0. The number of benzene rings is 2. The summed E-state index contributed by atoms with van der Waals surface area (Å²) in [7, 11) is 0. The lowest BCUT2D eigenvalue weighted by molar-refractivity contribution is 0.0696. The minimum Gasteiger partial charge on any atom is -0.478 e. The lowest BCUT2D eigenvalue weighted by Gasteiger charge is -2.06. The Morgan fingerprint density at radius 1 is 1.05 bits per heavy atom. The molecule has 0 radical (unpaired) electrons. The highest BCUT2D eigenvalue weighted by molar-refractivity contribution is 9.10. The van der Waals surface area contributed by atoms with Crippen LogP contribution in [0.15, 0.2) is 46.9 Å². The molecule has 0 aliphatic heterocycles. The summed E-state index contributed by atoms with van der Waals surface area (Å²) in [5.41, 5.74) is 0.731. The molecule has 0 fully saturated rings. The topological polar surface area (TPSA) is 66.4 Å². The number of amides is 1. The molecule has 0 saturated heterocycles. The van der Waals surface area contributed by atoms with Crippen molar-refractivity contribution >= 4 is 33.5 Å². The van der Waals surface area contributed by atoms with Gasteiger partial charge in [-0.3, -0.25) is 4.79 Å². The molecule has 0 bridgehead atoms. The third-order valence-corrected chi connectivity index (χ3v) is 3.21. The number of carbonyl (C=O) groups is 2. The Balaban J connectivity index is 2.14. The minimum atomic E-state index is -1.04. The molecule has 0 saturated carbocycles. The highest BCUT2D eigenvalue weighted by Gasteiger charge is 2.09.